The molecule has 0 bridgehead atoms. The van der Waals surface area contributed by atoms with Gasteiger partial charge < -0.3 is 10.2 Å². The number of rotatable bonds is 3. The van der Waals surface area contributed by atoms with Gasteiger partial charge in [-0.1, -0.05) is 24.9 Å². The second-order valence-corrected chi connectivity index (χ2v) is 4.90. The van der Waals surface area contributed by atoms with Crippen molar-refractivity contribution in [3.05, 3.63) is 29.0 Å². The minimum absolute atomic E-state index is 0.112. The molecule has 1 heterocycles. The number of carbonyl (C=O) groups is 2. The first-order chi connectivity index (χ1) is 9.01. The van der Waals surface area contributed by atoms with E-state index in [1.807, 2.05) is 6.92 Å². The highest BCUT2D eigenvalue weighted by atomic mass is 35.5. The van der Waals surface area contributed by atoms with Gasteiger partial charge in [-0.15, -0.1) is 0 Å². The summed E-state index contributed by atoms with van der Waals surface area (Å²) in [5.74, 6) is -1.02. The number of nitrogens with one attached hydrogen (secondary N) is 1. The van der Waals surface area contributed by atoms with Crippen LogP contribution in [0.3, 0.4) is 0 Å². The average Bonchev–Trinajstić information content (AvgIpc) is 2.32. The first-order valence-electron chi connectivity index (χ1n) is 6.08. The van der Waals surface area contributed by atoms with E-state index in [1.54, 1.807) is 0 Å². The topological polar surface area (TPSA) is 49.4 Å². The number of nitrogens with zero attached hydrogens (tertiary/aromatic N) is 1. The van der Waals surface area contributed by atoms with Crippen LogP contribution in [0, 0.1) is 5.82 Å². The van der Waals surface area contributed by atoms with Crippen molar-refractivity contribution in [2.24, 2.45) is 0 Å². The van der Waals surface area contributed by atoms with Gasteiger partial charge in [-0.3, -0.25) is 9.59 Å². The van der Waals surface area contributed by atoms with Gasteiger partial charge in [-0.05, 0) is 24.6 Å². The summed E-state index contributed by atoms with van der Waals surface area (Å²) in [6.45, 7) is 1.82. The Bertz CT molecular complexity index is 501. The van der Waals surface area contributed by atoms with E-state index in [1.165, 1.54) is 17.0 Å². The van der Waals surface area contributed by atoms with Crippen molar-refractivity contribution < 1.29 is 14.0 Å². The third-order valence-corrected chi connectivity index (χ3v) is 3.16. The maximum atomic E-state index is 13.3. The first kappa shape index (κ1) is 13.8. The number of benzene rings is 1. The maximum absolute atomic E-state index is 13.3. The Labute approximate surface area is 115 Å². The summed E-state index contributed by atoms with van der Waals surface area (Å²) in [4.78, 5) is 25.1. The van der Waals surface area contributed by atoms with Crippen molar-refractivity contribution in [1.29, 1.82) is 0 Å². The molecule has 4 nitrogen and oxygen atoms in total. The molecule has 0 aliphatic carbocycles. The number of carbonyl (C=O) groups excluding carboxylic acids is 2. The fraction of sp³-hybridized carbons (Fsp3) is 0.385. The summed E-state index contributed by atoms with van der Waals surface area (Å²) in [7, 11) is 0. The molecule has 2 amide bonds. The van der Waals surface area contributed by atoms with Crippen molar-refractivity contribution in [3.63, 3.8) is 0 Å². The highest BCUT2D eigenvalue weighted by molar-refractivity contribution is 6.31. The fourth-order valence-corrected chi connectivity index (χ4v) is 2.33. The summed E-state index contributed by atoms with van der Waals surface area (Å²) in [6, 6.07) is 3.28. The quantitative estimate of drug-likeness (QED) is 0.924. The molecule has 102 valence electrons. The van der Waals surface area contributed by atoms with Gasteiger partial charge in [0, 0.05) is 10.7 Å². The molecule has 1 atom stereocenters. The molecule has 0 saturated carbocycles. The van der Waals surface area contributed by atoms with Crippen LogP contribution in [-0.2, 0) is 9.59 Å². The summed E-state index contributed by atoms with van der Waals surface area (Å²) in [5, 5.41) is 2.83. The first-order valence-corrected chi connectivity index (χ1v) is 6.46. The molecular formula is C13H14ClFN2O2. The predicted octanol–water partition coefficient (Wildman–Crippen LogP) is 2.11. The number of hydrogen-bond acceptors (Lipinski definition) is 2. The number of piperazine rings is 1. The van der Waals surface area contributed by atoms with E-state index >= 15 is 0 Å². The third kappa shape index (κ3) is 3.04. The average molecular weight is 285 g/mol. The number of halogens is 2. The summed E-state index contributed by atoms with van der Waals surface area (Å²) in [5.41, 5.74) is 0.311. The number of anilines is 1. The van der Waals surface area contributed by atoms with Crippen molar-refractivity contribution >= 4 is 29.1 Å². The van der Waals surface area contributed by atoms with Crippen LogP contribution in [0.25, 0.3) is 0 Å². The molecule has 0 aromatic heterocycles. The SMILES string of the molecule is CCCC1NC(=O)CN(c2cc(F)cc(Cl)c2)C1=O. The van der Waals surface area contributed by atoms with Gasteiger partial charge >= 0.3 is 0 Å². The number of hydrogen-bond donors (Lipinski definition) is 1. The lowest BCUT2D eigenvalue weighted by molar-refractivity contribution is -0.131. The molecule has 0 spiro atoms. The normalized spacial score (nSPS) is 19.5. The van der Waals surface area contributed by atoms with Crippen molar-refractivity contribution in [3.8, 4) is 0 Å². The molecule has 19 heavy (non-hydrogen) atoms. The van der Waals surface area contributed by atoms with Crippen LogP contribution >= 0.6 is 11.6 Å². The lowest BCUT2D eigenvalue weighted by Gasteiger charge is -2.32. The molecule has 1 N–H and O–H groups in total. The monoisotopic (exact) mass is 284 g/mol. The minimum atomic E-state index is -0.548. The number of amides is 2. The predicted molar refractivity (Wildman–Crippen MR) is 70.6 cm³/mol. The van der Waals surface area contributed by atoms with Crippen LogP contribution in [0.1, 0.15) is 19.8 Å². The van der Waals surface area contributed by atoms with Crippen LogP contribution in [0.4, 0.5) is 10.1 Å². The Morgan fingerprint density at radius 2 is 2.16 bits per heavy atom. The Balaban J connectivity index is 2.31. The molecule has 1 aromatic carbocycles. The molecule has 1 fully saturated rings. The van der Waals surface area contributed by atoms with Crippen LogP contribution in [0.5, 0.6) is 0 Å². The van der Waals surface area contributed by atoms with Gasteiger partial charge in [0.05, 0.1) is 0 Å². The van der Waals surface area contributed by atoms with Gasteiger partial charge in [0.2, 0.25) is 11.8 Å². The van der Waals surface area contributed by atoms with E-state index in [0.29, 0.717) is 12.1 Å². The molecule has 1 aliphatic rings. The zero-order valence-electron chi connectivity index (χ0n) is 10.5. The van der Waals surface area contributed by atoms with E-state index in [2.05, 4.69) is 5.32 Å². The van der Waals surface area contributed by atoms with Gasteiger partial charge in [0.1, 0.15) is 18.4 Å². The Hall–Kier alpha value is -1.62. The van der Waals surface area contributed by atoms with E-state index in [-0.39, 0.29) is 23.4 Å². The minimum Gasteiger partial charge on any atom is -0.343 e. The smallest absolute Gasteiger partial charge is 0.250 e. The van der Waals surface area contributed by atoms with Crippen LogP contribution in [0.2, 0.25) is 5.02 Å². The van der Waals surface area contributed by atoms with Crippen molar-refractivity contribution in [2.75, 3.05) is 11.4 Å². The lowest BCUT2D eigenvalue weighted by atomic mass is 10.1. The lowest BCUT2D eigenvalue weighted by Crippen LogP contribution is -2.58. The van der Waals surface area contributed by atoms with Crippen LogP contribution < -0.4 is 10.2 Å². The van der Waals surface area contributed by atoms with Gasteiger partial charge in [-0.2, -0.15) is 0 Å². The molecule has 6 heteroatoms. The Morgan fingerprint density at radius 1 is 1.42 bits per heavy atom. The second kappa shape index (κ2) is 5.57. The van der Waals surface area contributed by atoms with Crippen molar-refractivity contribution in [1.82, 2.24) is 5.32 Å². The van der Waals surface area contributed by atoms with Gasteiger partial charge in [-0.25, -0.2) is 4.39 Å². The highest BCUT2D eigenvalue weighted by Gasteiger charge is 2.33. The molecule has 1 aliphatic heterocycles. The van der Waals surface area contributed by atoms with Gasteiger partial charge in [0.25, 0.3) is 0 Å². The molecule has 1 unspecified atom stereocenters. The zero-order chi connectivity index (χ0) is 14.0. The summed E-state index contributed by atoms with van der Waals surface area (Å²) in [6.07, 6.45) is 1.33. The van der Waals surface area contributed by atoms with Crippen LogP contribution in [-0.4, -0.2) is 24.4 Å². The Morgan fingerprint density at radius 3 is 2.79 bits per heavy atom. The van der Waals surface area contributed by atoms with Crippen LogP contribution in [0.15, 0.2) is 18.2 Å². The molecule has 0 radical (unpaired) electrons. The van der Waals surface area contributed by atoms with Crippen molar-refractivity contribution in [2.45, 2.75) is 25.8 Å². The second-order valence-electron chi connectivity index (χ2n) is 4.46. The largest absolute Gasteiger partial charge is 0.343 e. The molecule has 1 aromatic rings. The molecule has 1 saturated heterocycles. The highest BCUT2D eigenvalue weighted by Crippen LogP contribution is 2.24. The fourth-order valence-electron chi connectivity index (χ4n) is 2.11. The molecular weight excluding hydrogens is 271 g/mol. The standard InChI is InChI=1S/C13H14ClFN2O2/c1-2-3-11-13(19)17(7-12(18)16-11)10-5-8(14)4-9(15)6-10/h4-6,11H,2-3,7H2,1H3,(H,16,18). The maximum Gasteiger partial charge on any atom is 0.250 e. The van der Waals surface area contributed by atoms with E-state index in [4.69, 9.17) is 11.6 Å². The summed E-state index contributed by atoms with van der Waals surface area (Å²) >= 11 is 5.77. The summed E-state index contributed by atoms with van der Waals surface area (Å²) < 4.78 is 13.3. The van der Waals surface area contributed by atoms with E-state index in [0.717, 1.165) is 12.5 Å². The van der Waals surface area contributed by atoms with E-state index < -0.39 is 11.9 Å². The molecule has 2 rings (SSSR count). The van der Waals surface area contributed by atoms with E-state index in [9.17, 15) is 14.0 Å². The third-order valence-electron chi connectivity index (χ3n) is 2.94. The zero-order valence-corrected chi connectivity index (χ0v) is 11.2. The van der Waals surface area contributed by atoms with Gasteiger partial charge in [0.15, 0.2) is 0 Å². The Kier molecular flexibility index (Phi) is 4.04.